The Morgan fingerprint density at radius 1 is 1.36 bits per heavy atom. The van der Waals surface area contributed by atoms with Crippen molar-refractivity contribution < 1.29 is 4.39 Å². The average molecular weight is 152 g/mol. The van der Waals surface area contributed by atoms with Crippen molar-refractivity contribution in [1.29, 1.82) is 0 Å². The summed E-state index contributed by atoms with van der Waals surface area (Å²) in [6, 6.07) is 5.23. The van der Waals surface area contributed by atoms with Crippen LogP contribution < -0.4 is 0 Å². The number of rotatable bonds is 2. The molecule has 0 nitrogen and oxygen atoms in total. The van der Waals surface area contributed by atoms with Crippen molar-refractivity contribution in [3.8, 4) is 0 Å². The lowest BCUT2D eigenvalue weighted by molar-refractivity contribution is 0.605. The van der Waals surface area contributed by atoms with E-state index in [0.717, 1.165) is 24.0 Å². The van der Waals surface area contributed by atoms with Crippen LogP contribution in [0.25, 0.3) is 0 Å². The van der Waals surface area contributed by atoms with E-state index in [9.17, 15) is 4.39 Å². The van der Waals surface area contributed by atoms with E-state index in [0.29, 0.717) is 0 Å². The van der Waals surface area contributed by atoms with Gasteiger partial charge in [-0.05, 0) is 30.5 Å². The Labute approximate surface area is 67.1 Å². The average Bonchev–Trinajstić information content (AvgIpc) is 1.97. The van der Waals surface area contributed by atoms with Gasteiger partial charge >= 0.3 is 0 Å². The van der Waals surface area contributed by atoms with Crippen molar-refractivity contribution in [2.45, 2.75) is 26.7 Å². The fourth-order valence-electron chi connectivity index (χ4n) is 1.23. The molecule has 0 aliphatic rings. The fraction of sp³-hybridized carbons (Fsp3) is 0.400. The highest BCUT2D eigenvalue weighted by molar-refractivity contribution is 5.27. The van der Waals surface area contributed by atoms with Crippen LogP contribution in [0.2, 0.25) is 0 Å². The summed E-state index contributed by atoms with van der Waals surface area (Å²) in [5.41, 5.74) is 1.93. The van der Waals surface area contributed by atoms with Crippen molar-refractivity contribution >= 4 is 0 Å². The molecule has 1 rings (SSSR count). The van der Waals surface area contributed by atoms with Gasteiger partial charge in [-0.1, -0.05) is 25.5 Å². The molecule has 1 aromatic rings. The molecule has 60 valence electrons. The van der Waals surface area contributed by atoms with E-state index in [1.807, 2.05) is 13.0 Å². The quantitative estimate of drug-likeness (QED) is 0.611. The smallest absolute Gasteiger partial charge is 0.126 e. The van der Waals surface area contributed by atoms with Crippen LogP contribution in [0.1, 0.15) is 24.5 Å². The van der Waals surface area contributed by atoms with E-state index >= 15 is 0 Å². The van der Waals surface area contributed by atoms with Crippen molar-refractivity contribution in [2.75, 3.05) is 0 Å². The lowest BCUT2D eigenvalue weighted by Crippen LogP contribution is -1.92. The molecular weight excluding hydrogens is 139 g/mol. The molecule has 0 heterocycles. The Hall–Kier alpha value is -0.850. The molecule has 0 saturated heterocycles. The predicted molar refractivity (Wildman–Crippen MR) is 45.1 cm³/mol. The van der Waals surface area contributed by atoms with Gasteiger partial charge in [0, 0.05) is 0 Å². The number of halogens is 1. The monoisotopic (exact) mass is 152 g/mol. The lowest BCUT2D eigenvalue weighted by Gasteiger charge is -2.03. The van der Waals surface area contributed by atoms with Crippen LogP contribution >= 0.6 is 0 Å². The zero-order valence-corrected chi connectivity index (χ0v) is 7.02. The molecule has 0 amide bonds. The van der Waals surface area contributed by atoms with Crippen LogP contribution in [0.5, 0.6) is 0 Å². The highest BCUT2D eigenvalue weighted by atomic mass is 19.1. The van der Waals surface area contributed by atoms with Crippen molar-refractivity contribution in [3.05, 3.63) is 35.1 Å². The SMILES string of the molecule is CCCc1c(C)cccc1F. The van der Waals surface area contributed by atoms with Gasteiger partial charge < -0.3 is 0 Å². The summed E-state index contributed by atoms with van der Waals surface area (Å²) in [5.74, 6) is -0.0631. The van der Waals surface area contributed by atoms with Gasteiger partial charge in [-0.2, -0.15) is 0 Å². The van der Waals surface area contributed by atoms with Gasteiger partial charge in [-0.15, -0.1) is 0 Å². The lowest BCUT2D eigenvalue weighted by atomic mass is 10.0. The maximum absolute atomic E-state index is 13.0. The maximum Gasteiger partial charge on any atom is 0.126 e. The Kier molecular flexibility index (Phi) is 2.64. The molecule has 0 aliphatic heterocycles. The summed E-state index contributed by atoms with van der Waals surface area (Å²) < 4.78 is 13.0. The molecule has 0 aliphatic carbocycles. The van der Waals surface area contributed by atoms with Crippen LogP contribution in [-0.4, -0.2) is 0 Å². The van der Waals surface area contributed by atoms with E-state index in [2.05, 4.69) is 6.92 Å². The van der Waals surface area contributed by atoms with E-state index < -0.39 is 0 Å². The predicted octanol–water partition coefficient (Wildman–Crippen LogP) is 3.09. The number of aryl methyl sites for hydroxylation is 1. The Balaban J connectivity index is 3.00. The molecule has 1 heteroatoms. The standard InChI is InChI=1S/C10H13F/c1-3-5-9-8(2)6-4-7-10(9)11/h4,6-7H,3,5H2,1-2H3. The van der Waals surface area contributed by atoms with E-state index in [-0.39, 0.29) is 5.82 Å². The summed E-state index contributed by atoms with van der Waals surface area (Å²) in [4.78, 5) is 0. The number of hydrogen-bond acceptors (Lipinski definition) is 0. The molecule has 0 radical (unpaired) electrons. The Bertz CT molecular complexity index is 220. The van der Waals surface area contributed by atoms with E-state index in [4.69, 9.17) is 0 Å². The zero-order chi connectivity index (χ0) is 8.27. The fourth-order valence-corrected chi connectivity index (χ4v) is 1.23. The van der Waals surface area contributed by atoms with Gasteiger partial charge in [0.25, 0.3) is 0 Å². The minimum absolute atomic E-state index is 0.0631. The van der Waals surface area contributed by atoms with E-state index in [1.165, 1.54) is 6.07 Å². The van der Waals surface area contributed by atoms with Gasteiger partial charge in [0.1, 0.15) is 5.82 Å². The van der Waals surface area contributed by atoms with Crippen LogP contribution in [0.15, 0.2) is 18.2 Å². The van der Waals surface area contributed by atoms with Crippen LogP contribution in [-0.2, 0) is 6.42 Å². The van der Waals surface area contributed by atoms with Gasteiger partial charge in [-0.3, -0.25) is 0 Å². The summed E-state index contributed by atoms with van der Waals surface area (Å²) >= 11 is 0. The van der Waals surface area contributed by atoms with Crippen LogP contribution in [0.4, 0.5) is 4.39 Å². The molecule has 1 aromatic carbocycles. The maximum atomic E-state index is 13.0. The van der Waals surface area contributed by atoms with Crippen molar-refractivity contribution in [1.82, 2.24) is 0 Å². The van der Waals surface area contributed by atoms with Gasteiger partial charge in [0.2, 0.25) is 0 Å². The normalized spacial score (nSPS) is 10.1. The van der Waals surface area contributed by atoms with Crippen LogP contribution in [0.3, 0.4) is 0 Å². The second-order valence-electron chi connectivity index (χ2n) is 2.79. The Morgan fingerprint density at radius 2 is 2.09 bits per heavy atom. The van der Waals surface area contributed by atoms with Gasteiger partial charge in [0.05, 0.1) is 0 Å². The second kappa shape index (κ2) is 3.51. The number of hydrogen-bond donors (Lipinski definition) is 0. The third-order valence-corrected chi connectivity index (χ3v) is 1.85. The molecule has 0 spiro atoms. The summed E-state index contributed by atoms with van der Waals surface area (Å²) in [5, 5.41) is 0. The van der Waals surface area contributed by atoms with Gasteiger partial charge in [-0.25, -0.2) is 4.39 Å². The minimum atomic E-state index is -0.0631. The third-order valence-electron chi connectivity index (χ3n) is 1.85. The van der Waals surface area contributed by atoms with E-state index in [1.54, 1.807) is 6.07 Å². The molecule has 11 heavy (non-hydrogen) atoms. The van der Waals surface area contributed by atoms with Gasteiger partial charge in [0.15, 0.2) is 0 Å². The first kappa shape index (κ1) is 8.25. The second-order valence-corrected chi connectivity index (χ2v) is 2.79. The first-order valence-corrected chi connectivity index (χ1v) is 3.99. The molecule has 0 saturated carbocycles. The first-order valence-electron chi connectivity index (χ1n) is 3.99. The largest absolute Gasteiger partial charge is 0.207 e. The topological polar surface area (TPSA) is 0 Å². The number of benzene rings is 1. The summed E-state index contributed by atoms with van der Waals surface area (Å²) in [6.45, 7) is 4.01. The molecule has 0 aromatic heterocycles. The molecular formula is C10H13F. The molecule has 0 N–H and O–H groups in total. The summed E-state index contributed by atoms with van der Waals surface area (Å²) in [6.07, 6.45) is 1.85. The molecule has 0 bridgehead atoms. The highest BCUT2D eigenvalue weighted by Crippen LogP contribution is 2.13. The zero-order valence-electron chi connectivity index (χ0n) is 7.02. The summed E-state index contributed by atoms with van der Waals surface area (Å²) in [7, 11) is 0. The first-order chi connectivity index (χ1) is 5.25. The highest BCUT2D eigenvalue weighted by Gasteiger charge is 2.02. The molecule has 0 fully saturated rings. The van der Waals surface area contributed by atoms with Crippen molar-refractivity contribution in [3.63, 3.8) is 0 Å². The third kappa shape index (κ3) is 1.79. The Morgan fingerprint density at radius 3 is 2.64 bits per heavy atom. The molecule has 0 atom stereocenters. The minimum Gasteiger partial charge on any atom is -0.207 e. The van der Waals surface area contributed by atoms with Crippen molar-refractivity contribution in [2.24, 2.45) is 0 Å². The molecule has 0 unspecified atom stereocenters. The van der Waals surface area contributed by atoms with Crippen LogP contribution in [0, 0.1) is 12.7 Å².